The molecule has 0 N–H and O–H groups in total. The molecule has 0 aliphatic rings. The first kappa shape index (κ1) is 11.0. The van der Waals surface area contributed by atoms with Gasteiger partial charge in [0.05, 0.1) is 21.3 Å². The molecule has 0 unspecified atom stereocenters. The van der Waals surface area contributed by atoms with E-state index in [1.54, 1.807) is 21.3 Å². The Morgan fingerprint density at radius 3 is 1.79 bits per heavy atom. The van der Waals surface area contributed by atoms with Crippen LogP contribution < -0.4 is 14.2 Å². The molecule has 0 aromatic heterocycles. The summed E-state index contributed by atoms with van der Waals surface area (Å²) in [6.07, 6.45) is 3.73. The van der Waals surface area contributed by atoms with Crippen LogP contribution in [0.25, 0.3) is 0 Å². The third kappa shape index (κ3) is 2.07. The first-order valence-corrected chi connectivity index (χ1v) is 4.97. The number of rotatable bonds is 4. The first-order chi connectivity index (χ1) is 6.76. The quantitative estimate of drug-likeness (QED) is 0.718. The summed E-state index contributed by atoms with van der Waals surface area (Å²) >= 11 is 1.38. The van der Waals surface area contributed by atoms with Crippen molar-refractivity contribution in [3.8, 4) is 17.2 Å². The molecule has 0 saturated carbocycles. The summed E-state index contributed by atoms with van der Waals surface area (Å²) in [5.74, 6) is 1.91. The molecular formula is C10H13O3S. The maximum atomic E-state index is 5.18. The fourth-order valence-electron chi connectivity index (χ4n) is 1.14. The van der Waals surface area contributed by atoms with Crippen LogP contribution in [0.3, 0.4) is 0 Å². The van der Waals surface area contributed by atoms with E-state index in [9.17, 15) is 0 Å². The Hall–Kier alpha value is -1.03. The van der Waals surface area contributed by atoms with Crippen molar-refractivity contribution in [3.63, 3.8) is 0 Å². The fraction of sp³-hybridized carbons (Fsp3) is 0.300. The summed E-state index contributed by atoms with van der Waals surface area (Å²) in [4.78, 5) is 0.972. The highest BCUT2D eigenvalue weighted by molar-refractivity contribution is 8.00. The van der Waals surface area contributed by atoms with Gasteiger partial charge in [-0.15, -0.1) is 11.8 Å². The van der Waals surface area contributed by atoms with Crippen molar-refractivity contribution >= 4 is 11.8 Å². The van der Waals surface area contributed by atoms with E-state index in [1.807, 2.05) is 12.1 Å². The van der Waals surface area contributed by atoms with Crippen molar-refractivity contribution < 1.29 is 14.2 Å². The largest absolute Gasteiger partial charge is 0.493 e. The molecule has 1 radical (unpaired) electrons. The van der Waals surface area contributed by atoms with Crippen molar-refractivity contribution in [2.45, 2.75) is 4.90 Å². The average molecular weight is 213 g/mol. The minimum atomic E-state index is 0.604. The molecule has 0 aliphatic carbocycles. The number of hydrogen-bond acceptors (Lipinski definition) is 4. The van der Waals surface area contributed by atoms with Crippen LogP contribution in [0.4, 0.5) is 0 Å². The van der Waals surface area contributed by atoms with E-state index in [2.05, 4.69) is 6.26 Å². The summed E-state index contributed by atoms with van der Waals surface area (Å²) in [5, 5.41) is 0. The third-order valence-corrected chi connectivity index (χ3v) is 2.37. The van der Waals surface area contributed by atoms with Crippen molar-refractivity contribution in [1.29, 1.82) is 0 Å². The highest BCUT2D eigenvalue weighted by Gasteiger charge is 2.12. The molecule has 77 valence electrons. The van der Waals surface area contributed by atoms with E-state index in [0.717, 1.165) is 4.90 Å². The molecule has 0 amide bonds. The van der Waals surface area contributed by atoms with E-state index in [4.69, 9.17) is 14.2 Å². The second-order valence-electron chi connectivity index (χ2n) is 2.51. The smallest absolute Gasteiger partial charge is 0.203 e. The number of thioether (sulfide) groups is 1. The van der Waals surface area contributed by atoms with Gasteiger partial charge in [0.25, 0.3) is 0 Å². The molecule has 1 rings (SSSR count). The predicted molar refractivity (Wildman–Crippen MR) is 57.3 cm³/mol. The molecule has 0 aliphatic heterocycles. The highest BCUT2D eigenvalue weighted by Crippen LogP contribution is 2.40. The van der Waals surface area contributed by atoms with Crippen LogP contribution in [-0.2, 0) is 0 Å². The summed E-state index contributed by atoms with van der Waals surface area (Å²) in [5.41, 5.74) is 0. The summed E-state index contributed by atoms with van der Waals surface area (Å²) in [6, 6.07) is 3.72. The van der Waals surface area contributed by atoms with Crippen molar-refractivity contribution in [1.82, 2.24) is 0 Å². The second kappa shape index (κ2) is 5.00. The number of benzene rings is 1. The highest BCUT2D eigenvalue weighted by atomic mass is 32.2. The van der Waals surface area contributed by atoms with Gasteiger partial charge in [0.1, 0.15) is 0 Å². The molecular weight excluding hydrogens is 200 g/mol. The van der Waals surface area contributed by atoms with Crippen LogP contribution >= 0.6 is 11.8 Å². The Kier molecular flexibility index (Phi) is 3.95. The Bertz CT molecular complexity index is 287. The lowest BCUT2D eigenvalue weighted by atomic mass is 10.3. The zero-order chi connectivity index (χ0) is 10.6. The maximum Gasteiger partial charge on any atom is 0.203 e. The lowest BCUT2D eigenvalue weighted by molar-refractivity contribution is 0.323. The molecule has 0 spiro atoms. The number of methoxy groups -OCH3 is 3. The normalized spacial score (nSPS) is 9.71. The van der Waals surface area contributed by atoms with Crippen LogP contribution in [0, 0.1) is 6.26 Å². The van der Waals surface area contributed by atoms with Crippen molar-refractivity contribution in [2.24, 2.45) is 0 Å². The van der Waals surface area contributed by atoms with Crippen LogP contribution in [0.1, 0.15) is 0 Å². The summed E-state index contributed by atoms with van der Waals surface area (Å²) in [7, 11) is 4.76. The van der Waals surface area contributed by atoms with Gasteiger partial charge in [0, 0.05) is 11.2 Å². The number of hydrogen-bond donors (Lipinski definition) is 0. The zero-order valence-corrected chi connectivity index (χ0v) is 9.31. The molecule has 3 nitrogen and oxygen atoms in total. The predicted octanol–water partition coefficient (Wildman–Crippen LogP) is 2.60. The van der Waals surface area contributed by atoms with Gasteiger partial charge in [-0.3, -0.25) is 0 Å². The first-order valence-electron chi connectivity index (χ1n) is 3.98. The Morgan fingerprint density at radius 2 is 1.50 bits per heavy atom. The van der Waals surface area contributed by atoms with Gasteiger partial charge in [-0.05, 0) is 12.1 Å². The monoisotopic (exact) mass is 213 g/mol. The molecule has 0 fully saturated rings. The molecule has 14 heavy (non-hydrogen) atoms. The van der Waals surface area contributed by atoms with E-state index >= 15 is 0 Å². The zero-order valence-electron chi connectivity index (χ0n) is 8.49. The molecule has 0 heterocycles. The maximum absolute atomic E-state index is 5.18. The lowest BCUT2D eigenvalue weighted by Gasteiger charge is -2.12. The van der Waals surface area contributed by atoms with Gasteiger partial charge in [0.15, 0.2) is 11.5 Å². The molecule has 0 bridgehead atoms. The van der Waals surface area contributed by atoms with E-state index in [1.165, 1.54) is 11.8 Å². The van der Waals surface area contributed by atoms with Crippen LogP contribution in [0.5, 0.6) is 17.2 Å². The summed E-state index contributed by atoms with van der Waals surface area (Å²) < 4.78 is 15.5. The van der Waals surface area contributed by atoms with E-state index < -0.39 is 0 Å². The molecule has 1 aromatic rings. The summed E-state index contributed by atoms with van der Waals surface area (Å²) in [6.45, 7) is 0. The Morgan fingerprint density at radius 1 is 1.00 bits per heavy atom. The average Bonchev–Trinajstić information content (AvgIpc) is 2.26. The molecule has 0 saturated heterocycles. The van der Waals surface area contributed by atoms with Gasteiger partial charge in [-0.2, -0.15) is 0 Å². The minimum absolute atomic E-state index is 0.604. The van der Waals surface area contributed by atoms with Gasteiger partial charge in [-0.25, -0.2) is 0 Å². The van der Waals surface area contributed by atoms with E-state index in [0.29, 0.717) is 17.2 Å². The molecule has 0 atom stereocenters. The van der Waals surface area contributed by atoms with Crippen molar-refractivity contribution in [2.75, 3.05) is 21.3 Å². The lowest BCUT2D eigenvalue weighted by Crippen LogP contribution is -1.94. The Balaban J connectivity index is 3.24. The third-order valence-electron chi connectivity index (χ3n) is 1.80. The standard InChI is InChI=1S/C10H13O3S/c1-11-8-5-7(14-4)6-9(12-2)10(8)13-3/h5-6H,4H2,1-3H3. The van der Waals surface area contributed by atoms with Crippen molar-refractivity contribution in [3.05, 3.63) is 18.4 Å². The van der Waals surface area contributed by atoms with Crippen LogP contribution in [-0.4, -0.2) is 21.3 Å². The van der Waals surface area contributed by atoms with Crippen LogP contribution in [0.2, 0.25) is 0 Å². The number of ether oxygens (including phenoxy) is 3. The van der Waals surface area contributed by atoms with Crippen LogP contribution in [0.15, 0.2) is 17.0 Å². The second-order valence-corrected chi connectivity index (χ2v) is 3.27. The Labute approximate surface area is 88.4 Å². The van der Waals surface area contributed by atoms with Gasteiger partial charge < -0.3 is 14.2 Å². The van der Waals surface area contributed by atoms with Gasteiger partial charge >= 0.3 is 0 Å². The SMILES string of the molecule is [CH2]Sc1cc(OC)c(OC)c(OC)c1. The minimum Gasteiger partial charge on any atom is -0.493 e. The topological polar surface area (TPSA) is 27.7 Å². The molecule has 1 aromatic carbocycles. The van der Waals surface area contributed by atoms with E-state index in [-0.39, 0.29) is 0 Å². The fourth-order valence-corrected chi connectivity index (χ4v) is 1.52. The van der Waals surface area contributed by atoms with Gasteiger partial charge in [0.2, 0.25) is 5.75 Å². The van der Waals surface area contributed by atoms with Gasteiger partial charge in [-0.1, -0.05) is 0 Å². The molecule has 4 heteroatoms.